The molecule has 0 saturated heterocycles. The summed E-state index contributed by atoms with van der Waals surface area (Å²) in [5, 5.41) is 11.9. The number of ketones is 1. The number of methoxy groups -OCH3 is 1. The average Bonchev–Trinajstić information content (AvgIpc) is 3.18. The molecule has 0 spiro atoms. The molecule has 156 valence electrons. The van der Waals surface area contributed by atoms with Crippen molar-refractivity contribution in [3.8, 4) is 5.75 Å². The molecule has 0 saturated carbocycles. The number of thioether (sulfide) groups is 1. The Bertz CT molecular complexity index is 1020. The maximum Gasteiger partial charge on any atom is 0.251 e. The lowest BCUT2D eigenvalue weighted by molar-refractivity contribution is 0.0948. The molecule has 0 aliphatic heterocycles. The topological polar surface area (TPSA) is 86.1 Å². The Kier molecular flexibility index (Phi) is 7.64. The van der Waals surface area contributed by atoms with Crippen LogP contribution in [0, 0.1) is 0 Å². The predicted octanol–water partition coefficient (Wildman–Crippen LogP) is 3.97. The molecule has 3 rings (SSSR count). The van der Waals surface area contributed by atoms with Gasteiger partial charge in [-0.1, -0.05) is 39.8 Å². The molecule has 3 aromatic rings. The highest BCUT2D eigenvalue weighted by Crippen LogP contribution is 2.20. The molecule has 1 aromatic heterocycles. The zero-order valence-electron chi connectivity index (χ0n) is 16.6. The van der Waals surface area contributed by atoms with Crippen LogP contribution in [0.5, 0.6) is 5.75 Å². The van der Waals surface area contributed by atoms with Crippen LogP contribution in [0.1, 0.15) is 33.5 Å². The van der Waals surface area contributed by atoms with Crippen molar-refractivity contribution in [3.05, 3.63) is 70.0 Å². The number of benzene rings is 2. The highest BCUT2D eigenvalue weighted by Gasteiger charge is 2.15. The van der Waals surface area contributed by atoms with E-state index in [1.54, 1.807) is 43.5 Å². The van der Waals surface area contributed by atoms with Crippen LogP contribution < -0.4 is 10.1 Å². The van der Waals surface area contributed by atoms with Crippen molar-refractivity contribution in [1.82, 2.24) is 20.1 Å². The van der Waals surface area contributed by atoms with Crippen LogP contribution in [-0.4, -0.2) is 39.3 Å². The first-order chi connectivity index (χ1) is 14.5. The summed E-state index contributed by atoms with van der Waals surface area (Å²) in [5.74, 6) is 1.41. The number of ether oxygens (including phenoxy) is 1. The van der Waals surface area contributed by atoms with Crippen LogP contribution in [0.15, 0.2) is 58.2 Å². The number of nitrogens with zero attached hydrogens (tertiary/aromatic N) is 3. The number of amides is 1. The fraction of sp³-hybridized carbons (Fsp3) is 0.238. The number of hydrogen-bond donors (Lipinski definition) is 1. The van der Waals surface area contributed by atoms with Crippen LogP contribution in [0.2, 0.25) is 0 Å². The molecule has 0 aliphatic rings. The Morgan fingerprint density at radius 3 is 2.37 bits per heavy atom. The van der Waals surface area contributed by atoms with Gasteiger partial charge in [-0.2, -0.15) is 0 Å². The number of hydrogen-bond acceptors (Lipinski definition) is 6. The van der Waals surface area contributed by atoms with Crippen molar-refractivity contribution in [3.63, 3.8) is 0 Å². The second-order valence-electron chi connectivity index (χ2n) is 6.27. The fourth-order valence-electron chi connectivity index (χ4n) is 2.73. The maximum absolute atomic E-state index is 12.4. The van der Waals surface area contributed by atoms with E-state index < -0.39 is 0 Å². The van der Waals surface area contributed by atoms with E-state index in [4.69, 9.17) is 4.74 Å². The van der Waals surface area contributed by atoms with Gasteiger partial charge in [0.25, 0.3) is 5.91 Å². The lowest BCUT2D eigenvalue weighted by atomic mass is 10.2. The molecular formula is C21H21BrN4O3S. The number of halogens is 1. The number of Topliss-reactive ketones (excluding diaryl/α,β-unsaturated/α-hetero) is 1. The molecule has 9 heteroatoms. The summed E-state index contributed by atoms with van der Waals surface area (Å²) in [5.41, 5.74) is 1.19. The van der Waals surface area contributed by atoms with Gasteiger partial charge in [-0.25, -0.2) is 0 Å². The maximum atomic E-state index is 12.4. The molecule has 0 radical (unpaired) electrons. The van der Waals surface area contributed by atoms with Crippen LogP contribution in [0.25, 0.3) is 0 Å². The Hall–Kier alpha value is -2.65. The third kappa shape index (κ3) is 5.48. The molecule has 0 fully saturated rings. The van der Waals surface area contributed by atoms with Gasteiger partial charge in [0, 0.05) is 22.1 Å². The van der Waals surface area contributed by atoms with Gasteiger partial charge < -0.3 is 14.6 Å². The van der Waals surface area contributed by atoms with Crippen molar-refractivity contribution in [2.75, 3.05) is 12.9 Å². The monoisotopic (exact) mass is 488 g/mol. The zero-order chi connectivity index (χ0) is 21.5. The van der Waals surface area contributed by atoms with Gasteiger partial charge in [0.1, 0.15) is 5.75 Å². The van der Waals surface area contributed by atoms with Crippen molar-refractivity contribution >= 4 is 39.4 Å². The average molecular weight is 489 g/mol. The van der Waals surface area contributed by atoms with E-state index >= 15 is 0 Å². The van der Waals surface area contributed by atoms with Gasteiger partial charge in [0.05, 0.1) is 19.4 Å². The molecule has 0 atom stereocenters. The highest BCUT2D eigenvalue weighted by atomic mass is 79.9. The SMILES string of the molecule is CCn1c(CNC(=O)c2ccc(OC)cc2)nnc1SCC(=O)c1ccc(Br)cc1. The largest absolute Gasteiger partial charge is 0.497 e. The lowest BCUT2D eigenvalue weighted by Crippen LogP contribution is -2.24. The van der Waals surface area contributed by atoms with E-state index in [-0.39, 0.29) is 24.0 Å². The molecule has 30 heavy (non-hydrogen) atoms. The van der Waals surface area contributed by atoms with Crippen molar-refractivity contribution in [2.45, 2.75) is 25.2 Å². The number of carbonyl (C=O) groups is 2. The van der Waals surface area contributed by atoms with Crippen LogP contribution >= 0.6 is 27.7 Å². The molecule has 7 nitrogen and oxygen atoms in total. The minimum Gasteiger partial charge on any atom is -0.497 e. The molecule has 2 aromatic carbocycles. The van der Waals surface area contributed by atoms with Crippen LogP contribution in [0.3, 0.4) is 0 Å². The zero-order valence-corrected chi connectivity index (χ0v) is 19.0. The standard InChI is InChI=1S/C21H21BrN4O3S/c1-3-26-19(12-23-20(28)15-6-10-17(29-2)11-7-15)24-25-21(26)30-13-18(27)14-4-8-16(22)9-5-14/h4-11H,3,12-13H2,1-2H3,(H,23,28). The van der Waals surface area contributed by atoms with Gasteiger partial charge in [0.15, 0.2) is 16.8 Å². The summed E-state index contributed by atoms with van der Waals surface area (Å²) < 4.78 is 7.93. The van der Waals surface area contributed by atoms with Gasteiger partial charge in [-0.05, 0) is 43.3 Å². The van der Waals surface area contributed by atoms with Crippen LogP contribution in [0.4, 0.5) is 0 Å². The van der Waals surface area contributed by atoms with E-state index in [2.05, 4.69) is 31.4 Å². The summed E-state index contributed by atoms with van der Waals surface area (Å²) in [4.78, 5) is 24.8. The highest BCUT2D eigenvalue weighted by molar-refractivity contribution is 9.10. The molecule has 0 aliphatic carbocycles. The lowest BCUT2D eigenvalue weighted by Gasteiger charge is -2.09. The van der Waals surface area contributed by atoms with Crippen molar-refractivity contribution in [1.29, 1.82) is 0 Å². The second-order valence-corrected chi connectivity index (χ2v) is 8.13. The van der Waals surface area contributed by atoms with E-state index in [0.717, 1.165) is 4.47 Å². The van der Waals surface area contributed by atoms with Crippen molar-refractivity contribution < 1.29 is 14.3 Å². The van der Waals surface area contributed by atoms with Crippen molar-refractivity contribution in [2.24, 2.45) is 0 Å². The van der Waals surface area contributed by atoms with E-state index in [0.29, 0.717) is 34.4 Å². The Labute approximate surface area is 187 Å². The first kappa shape index (κ1) is 22.0. The number of carbonyl (C=O) groups excluding carboxylic acids is 2. The number of aromatic nitrogens is 3. The first-order valence-electron chi connectivity index (χ1n) is 9.27. The van der Waals surface area contributed by atoms with Gasteiger partial charge in [0.2, 0.25) is 0 Å². The quantitative estimate of drug-likeness (QED) is 0.362. The van der Waals surface area contributed by atoms with E-state index in [1.165, 1.54) is 11.8 Å². The van der Waals surface area contributed by atoms with Gasteiger partial charge >= 0.3 is 0 Å². The third-order valence-electron chi connectivity index (χ3n) is 4.37. The second kappa shape index (κ2) is 10.4. The van der Waals surface area contributed by atoms with Crippen LogP contribution in [-0.2, 0) is 13.1 Å². The Balaban J connectivity index is 1.59. The fourth-order valence-corrected chi connectivity index (χ4v) is 3.91. The molecule has 0 bridgehead atoms. The smallest absolute Gasteiger partial charge is 0.251 e. The van der Waals surface area contributed by atoms with E-state index in [9.17, 15) is 9.59 Å². The predicted molar refractivity (Wildman–Crippen MR) is 119 cm³/mol. The van der Waals surface area contributed by atoms with Gasteiger partial charge in [-0.3, -0.25) is 9.59 Å². The summed E-state index contributed by atoms with van der Waals surface area (Å²) in [6, 6.07) is 14.1. The minimum absolute atomic E-state index is 0.0208. The summed E-state index contributed by atoms with van der Waals surface area (Å²) in [6.45, 7) is 2.85. The summed E-state index contributed by atoms with van der Waals surface area (Å²) in [6.07, 6.45) is 0. The summed E-state index contributed by atoms with van der Waals surface area (Å²) >= 11 is 4.70. The molecule has 1 N–H and O–H groups in total. The molecule has 0 unspecified atom stereocenters. The third-order valence-corrected chi connectivity index (χ3v) is 5.86. The Morgan fingerprint density at radius 1 is 1.07 bits per heavy atom. The number of rotatable bonds is 9. The molecule has 1 heterocycles. The molecular weight excluding hydrogens is 468 g/mol. The van der Waals surface area contributed by atoms with Gasteiger partial charge in [-0.15, -0.1) is 10.2 Å². The van der Waals surface area contributed by atoms with E-state index in [1.807, 2.05) is 23.6 Å². The number of nitrogens with one attached hydrogen (secondary N) is 1. The first-order valence-corrected chi connectivity index (χ1v) is 11.1. The normalized spacial score (nSPS) is 10.6. The summed E-state index contributed by atoms with van der Waals surface area (Å²) in [7, 11) is 1.58. The Morgan fingerprint density at radius 2 is 1.73 bits per heavy atom. The minimum atomic E-state index is -0.206. The molecule has 1 amide bonds.